The molecule has 152 valence electrons. The average molecular weight is 439 g/mol. The van der Waals surface area contributed by atoms with Gasteiger partial charge < -0.3 is 20.1 Å². The van der Waals surface area contributed by atoms with Crippen molar-refractivity contribution in [1.82, 2.24) is 19.5 Å². The van der Waals surface area contributed by atoms with Gasteiger partial charge in [-0.1, -0.05) is 29.3 Å². The number of imidazole rings is 1. The Hall–Kier alpha value is -2.34. The lowest BCUT2D eigenvalue weighted by Gasteiger charge is -2.16. The van der Waals surface area contributed by atoms with Gasteiger partial charge in [0.05, 0.1) is 24.2 Å². The summed E-state index contributed by atoms with van der Waals surface area (Å²) < 4.78 is 6.99. The van der Waals surface area contributed by atoms with E-state index in [9.17, 15) is 15.3 Å². The van der Waals surface area contributed by atoms with Crippen LogP contribution in [-0.2, 0) is 4.74 Å². The number of hydrazone groups is 1. The van der Waals surface area contributed by atoms with Gasteiger partial charge in [-0.05, 0) is 12.1 Å². The molecule has 0 bridgehead atoms. The second-order valence-corrected chi connectivity index (χ2v) is 7.15. The molecular formula is C17H16Cl2N6O4. The molecule has 29 heavy (non-hydrogen) atoms. The van der Waals surface area contributed by atoms with Crippen molar-refractivity contribution in [2.24, 2.45) is 5.10 Å². The molecule has 10 nitrogen and oxygen atoms in total. The van der Waals surface area contributed by atoms with Crippen LogP contribution in [-0.4, -0.2) is 66.0 Å². The summed E-state index contributed by atoms with van der Waals surface area (Å²) in [6.07, 6.45) is -0.113. The molecule has 0 spiro atoms. The molecule has 4 rings (SSSR count). The van der Waals surface area contributed by atoms with E-state index < -0.39 is 31.1 Å². The second-order valence-electron chi connectivity index (χ2n) is 6.31. The smallest absolute Gasteiger partial charge is 0.177 e. The third-order valence-electron chi connectivity index (χ3n) is 4.49. The molecule has 1 aliphatic rings. The van der Waals surface area contributed by atoms with Gasteiger partial charge in [0, 0.05) is 10.6 Å². The van der Waals surface area contributed by atoms with Crippen LogP contribution in [0.2, 0.25) is 10.0 Å². The van der Waals surface area contributed by atoms with Crippen LogP contribution in [0.5, 0.6) is 0 Å². The van der Waals surface area contributed by atoms with E-state index in [-0.39, 0.29) is 0 Å². The maximum absolute atomic E-state index is 10.2. The summed E-state index contributed by atoms with van der Waals surface area (Å²) in [4.78, 5) is 12.5. The number of aliphatic hydroxyl groups excluding tert-OH is 3. The number of halogens is 2. The number of hydrogen-bond donors (Lipinski definition) is 4. The number of hydrogen-bond acceptors (Lipinski definition) is 9. The van der Waals surface area contributed by atoms with Crippen LogP contribution in [0, 0.1) is 0 Å². The number of benzene rings is 1. The minimum Gasteiger partial charge on any atom is -0.394 e. The van der Waals surface area contributed by atoms with E-state index in [0.29, 0.717) is 32.6 Å². The van der Waals surface area contributed by atoms with Gasteiger partial charge in [0.2, 0.25) is 0 Å². The molecule has 3 aromatic rings. The van der Waals surface area contributed by atoms with E-state index in [4.69, 9.17) is 27.9 Å². The molecule has 0 radical (unpaired) electrons. The van der Waals surface area contributed by atoms with Crippen LogP contribution in [0.15, 0.2) is 36.0 Å². The number of aliphatic hydroxyl groups is 3. The monoisotopic (exact) mass is 438 g/mol. The zero-order valence-corrected chi connectivity index (χ0v) is 16.2. The molecule has 12 heteroatoms. The van der Waals surface area contributed by atoms with E-state index in [1.807, 2.05) is 0 Å². The maximum atomic E-state index is 10.2. The predicted molar refractivity (Wildman–Crippen MR) is 106 cm³/mol. The van der Waals surface area contributed by atoms with Gasteiger partial charge in [0.15, 0.2) is 23.2 Å². The zero-order valence-electron chi connectivity index (χ0n) is 14.7. The Labute approximate surface area is 174 Å². The van der Waals surface area contributed by atoms with Crippen LogP contribution < -0.4 is 5.43 Å². The summed E-state index contributed by atoms with van der Waals surface area (Å²) in [7, 11) is 0. The molecule has 0 aliphatic carbocycles. The molecule has 0 unspecified atom stereocenters. The standard InChI is InChI=1S/C17H16Cl2N6O4/c18-9-2-1-8(10(19)3-9)4-23-24-15-12-16(21-6-20-15)25(7-22-12)17-14(28)13(27)11(5-26)29-17/h1-4,6-7,11,13-14,17,26-28H,5H2,(H,20,21,24)/b23-4+/t11-,13-,14-,17-/m1/s1. The number of nitrogens with zero attached hydrogens (tertiary/aromatic N) is 5. The first-order valence-corrected chi connectivity index (χ1v) is 9.29. The largest absolute Gasteiger partial charge is 0.394 e. The van der Waals surface area contributed by atoms with Crippen LogP contribution in [0.1, 0.15) is 11.8 Å². The number of nitrogens with one attached hydrogen (secondary N) is 1. The first kappa shape index (κ1) is 20.0. The Kier molecular flexibility index (Phi) is 5.63. The molecule has 3 heterocycles. The van der Waals surface area contributed by atoms with Crippen molar-refractivity contribution in [1.29, 1.82) is 0 Å². The topological polar surface area (TPSA) is 138 Å². The highest BCUT2D eigenvalue weighted by atomic mass is 35.5. The number of anilines is 1. The molecule has 1 fully saturated rings. The minimum absolute atomic E-state index is 0.321. The van der Waals surface area contributed by atoms with Gasteiger partial charge in [0.25, 0.3) is 0 Å². The van der Waals surface area contributed by atoms with Gasteiger partial charge in [-0.25, -0.2) is 15.0 Å². The van der Waals surface area contributed by atoms with Crippen LogP contribution in [0.4, 0.5) is 5.82 Å². The third-order valence-corrected chi connectivity index (χ3v) is 5.05. The lowest BCUT2D eigenvalue weighted by atomic mass is 10.1. The molecule has 1 aromatic carbocycles. The van der Waals surface area contributed by atoms with Gasteiger partial charge in [-0.2, -0.15) is 5.10 Å². The lowest BCUT2D eigenvalue weighted by molar-refractivity contribution is -0.0511. The van der Waals surface area contributed by atoms with Crippen molar-refractivity contribution >= 4 is 46.4 Å². The number of aromatic nitrogens is 4. The van der Waals surface area contributed by atoms with Crippen LogP contribution in [0.3, 0.4) is 0 Å². The Bertz CT molecular complexity index is 1060. The Morgan fingerprint density at radius 2 is 2.03 bits per heavy atom. The highest BCUT2D eigenvalue weighted by molar-refractivity contribution is 6.36. The molecule has 4 atom stereocenters. The number of ether oxygens (including phenoxy) is 1. The summed E-state index contributed by atoms with van der Waals surface area (Å²) >= 11 is 12.0. The van der Waals surface area contributed by atoms with Crippen molar-refractivity contribution < 1.29 is 20.1 Å². The first-order chi connectivity index (χ1) is 14.0. The van der Waals surface area contributed by atoms with Crippen molar-refractivity contribution in [3.05, 3.63) is 46.5 Å². The van der Waals surface area contributed by atoms with Gasteiger partial charge in [-0.15, -0.1) is 0 Å². The molecule has 2 aromatic heterocycles. The van der Waals surface area contributed by atoms with E-state index in [0.717, 1.165) is 0 Å². The first-order valence-electron chi connectivity index (χ1n) is 8.53. The summed E-state index contributed by atoms with van der Waals surface area (Å²) in [6.45, 7) is -0.425. The quantitative estimate of drug-likeness (QED) is 0.344. The fourth-order valence-electron chi connectivity index (χ4n) is 3.00. The van der Waals surface area contributed by atoms with Crippen LogP contribution >= 0.6 is 23.2 Å². The SMILES string of the molecule is OC[C@H]1O[C@@H](n2cnc3c(N/N=C/c4ccc(Cl)cc4Cl)ncnc32)[C@H](O)[C@@H]1O. The van der Waals surface area contributed by atoms with Gasteiger partial charge in [-0.3, -0.25) is 9.99 Å². The van der Waals surface area contributed by atoms with Gasteiger partial charge >= 0.3 is 0 Å². The van der Waals surface area contributed by atoms with E-state index in [1.165, 1.54) is 23.4 Å². The second kappa shape index (κ2) is 8.19. The maximum Gasteiger partial charge on any atom is 0.177 e. The van der Waals surface area contributed by atoms with Crippen molar-refractivity contribution in [3.8, 4) is 0 Å². The highest BCUT2D eigenvalue weighted by Crippen LogP contribution is 2.32. The number of rotatable bonds is 5. The Morgan fingerprint density at radius 1 is 1.21 bits per heavy atom. The van der Waals surface area contributed by atoms with E-state index in [1.54, 1.807) is 18.2 Å². The zero-order chi connectivity index (χ0) is 20.5. The molecule has 4 N–H and O–H groups in total. The molecule has 0 amide bonds. The summed E-state index contributed by atoms with van der Waals surface area (Å²) in [5.74, 6) is 0.321. The summed E-state index contributed by atoms with van der Waals surface area (Å²) in [5.41, 5.74) is 4.18. The van der Waals surface area contributed by atoms with E-state index in [2.05, 4.69) is 25.5 Å². The van der Waals surface area contributed by atoms with Crippen molar-refractivity contribution in [3.63, 3.8) is 0 Å². The fourth-order valence-corrected chi connectivity index (χ4v) is 3.46. The summed E-state index contributed by atoms with van der Waals surface area (Å²) in [5, 5.41) is 34.5. The van der Waals surface area contributed by atoms with Gasteiger partial charge in [0.1, 0.15) is 24.6 Å². The van der Waals surface area contributed by atoms with Crippen molar-refractivity contribution in [2.75, 3.05) is 12.0 Å². The Balaban J connectivity index is 1.59. The predicted octanol–water partition coefficient (Wildman–Crippen LogP) is 1.19. The third kappa shape index (κ3) is 3.78. The number of fused-ring (bicyclic) bond motifs is 1. The molecule has 0 saturated carbocycles. The molecule has 1 aliphatic heterocycles. The molecule has 1 saturated heterocycles. The average Bonchev–Trinajstić information content (AvgIpc) is 3.25. The molecular weight excluding hydrogens is 423 g/mol. The van der Waals surface area contributed by atoms with E-state index >= 15 is 0 Å². The normalized spacial score (nSPS) is 24.6. The Morgan fingerprint density at radius 3 is 2.76 bits per heavy atom. The lowest BCUT2D eigenvalue weighted by Crippen LogP contribution is -2.33. The van der Waals surface area contributed by atoms with Crippen molar-refractivity contribution in [2.45, 2.75) is 24.5 Å². The summed E-state index contributed by atoms with van der Waals surface area (Å²) in [6, 6.07) is 5.03. The fraction of sp³-hybridized carbons (Fsp3) is 0.294. The minimum atomic E-state index is -1.25. The van der Waals surface area contributed by atoms with Crippen LogP contribution in [0.25, 0.3) is 11.2 Å². The highest BCUT2D eigenvalue weighted by Gasteiger charge is 2.44.